The van der Waals surface area contributed by atoms with E-state index in [1.54, 1.807) is 0 Å². The summed E-state index contributed by atoms with van der Waals surface area (Å²) < 4.78 is 5.82. The summed E-state index contributed by atoms with van der Waals surface area (Å²) in [6, 6.07) is 7.03. The molecule has 3 atom stereocenters. The molecule has 3 rings (SSSR count). The van der Waals surface area contributed by atoms with Gasteiger partial charge in [-0.3, -0.25) is 0 Å². The van der Waals surface area contributed by atoms with E-state index in [-0.39, 0.29) is 0 Å². The van der Waals surface area contributed by atoms with Crippen LogP contribution < -0.4 is 5.32 Å². The van der Waals surface area contributed by atoms with Crippen LogP contribution in [0.2, 0.25) is 0 Å². The highest BCUT2D eigenvalue weighted by Crippen LogP contribution is 2.34. The van der Waals surface area contributed by atoms with Gasteiger partial charge in [-0.2, -0.15) is 0 Å². The van der Waals surface area contributed by atoms with Gasteiger partial charge in [0.15, 0.2) is 0 Å². The molecule has 2 unspecified atom stereocenters. The van der Waals surface area contributed by atoms with Gasteiger partial charge in [0.2, 0.25) is 0 Å². The van der Waals surface area contributed by atoms with E-state index in [0.29, 0.717) is 18.1 Å². The molecule has 1 aromatic rings. The van der Waals surface area contributed by atoms with E-state index < -0.39 is 0 Å². The summed E-state index contributed by atoms with van der Waals surface area (Å²) in [4.78, 5) is 0. The molecule has 0 amide bonds. The van der Waals surface area contributed by atoms with Crippen molar-refractivity contribution in [1.29, 1.82) is 0 Å². The van der Waals surface area contributed by atoms with Crippen molar-refractivity contribution >= 4 is 0 Å². The van der Waals surface area contributed by atoms with Gasteiger partial charge in [-0.15, -0.1) is 0 Å². The van der Waals surface area contributed by atoms with Crippen molar-refractivity contribution in [2.75, 3.05) is 0 Å². The third-order valence-electron chi connectivity index (χ3n) is 4.03. The monoisotopic (exact) mass is 231 g/mol. The molecule has 2 heteroatoms. The summed E-state index contributed by atoms with van der Waals surface area (Å²) in [5.74, 6) is 0.680. The van der Waals surface area contributed by atoms with E-state index in [4.69, 9.17) is 4.74 Å². The van der Waals surface area contributed by atoms with Crippen molar-refractivity contribution in [1.82, 2.24) is 5.32 Å². The molecule has 2 aliphatic heterocycles. The molecule has 2 aliphatic rings. The molecule has 17 heavy (non-hydrogen) atoms. The summed E-state index contributed by atoms with van der Waals surface area (Å²) in [5, 5.41) is 3.41. The SMILES string of the molecule is CC1CC(c2ccc3c(c2)CNC3)C[C@H](C)O1. The Morgan fingerprint density at radius 2 is 1.76 bits per heavy atom. The number of nitrogens with one attached hydrogen (secondary N) is 1. The molecule has 0 spiro atoms. The predicted octanol–water partition coefficient (Wildman–Crippen LogP) is 2.96. The quantitative estimate of drug-likeness (QED) is 0.802. The Labute approximate surface area is 103 Å². The molecule has 0 bridgehead atoms. The molecule has 1 N–H and O–H groups in total. The first-order chi connectivity index (χ1) is 8.22. The van der Waals surface area contributed by atoms with E-state index in [9.17, 15) is 0 Å². The summed E-state index contributed by atoms with van der Waals surface area (Å²) in [6.07, 6.45) is 3.12. The highest BCUT2D eigenvalue weighted by Gasteiger charge is 2.26. The van der Waals surface area contributed by atoms with Crippen molar-refractivity contribution in [2.24, 2.45) is 0 Å². The highest BCUT2D eigenvalue weighted by molar-refractivity contribution is 5.36. The fourth-order valence-electron chi connectivity index (χ4n) is 3.25. The van der Waals surface area contributed by atoms with Gasteiger partial charge in [0.05, 0.1) is 12.2 Å². The lowest BCUT2D eigenvalue weighted by Crippen LogP contribution is -2.28. The molecule has 92 valence electrons. The van der Waals surface area contributed by atoms with Gasteiger partial charge < -0.3 is 10.1 Å². The van der Waals surface area contributed by atoms with Gasteiger partial charge in [-0.05, 0) is 49.3 Å². The van der Waals surface area contributed by atoms with E-state index >= 15 is 0 Å². The van der Waals surface area contributed by atoms with Crippen LogP contribution >= 0.6 is 0 Å². The van der Waals surface area contributed by atoms with Crippen LogP contribution in [0.5, 0.6) is 0 Å². The fraction of sp³-hybridized carbons (Fsp3) is 0.600. The third-order valence-corrected chi connectivity index (χ3v) is 4.03. The lowest BCUT2D eigenvalue weighted by atomic mass is 9.85. The van der Waals surface area contributed by atoms with E-state index in [0.717, 1.165) is 25.9 Å². The van der Waals surface area contributed by atoms with Crippen LogP contribution in [0.3, 0.4) is 0 Å². The molecular weight excluding hydrogens is 210 g/mol. The highest BCUT2D eigenvalue weighted by atomic mass is 16.5. The lowest BCUT2D eigenvalue weighted by molar-refractivity contribution is -0.0380. The smallest absolute Gasteiger partial charge is 0.0556 e. The Hall–Kier alpha value is -0.860. The molecule has 1 fully saturated rings. The minimum absolute atomic E-state index is 0.398. The molecule has 1 saturated heterocycles. The summed E-state index contributed by atoms with van der Waals surface area (Å²) in [6.45, 7) is 6.46. The number of hydrogen-bond acceptors (Lipinski definition) is 2. The van der Waals surface area contributed by atoms with Crippen LogP contribution in [-0.2, 0) is 17.8 Å². The molecule has 0 aliphatic carbocycles. The van der Waals surface area contributed by atoms with Crippen LogP contribution in [0.15, 0.2) is 18.2 Å². The second kappa shape index (κ2) is 4.43. The molecule has 1 aromatic carbocycles. The zero-order valence-corrected chi connectivity index (χ0v) is 10.7. The number of rotatable bonds is 1. The number of hydrogen-bond donors (Lipinski definition) is 1. The zero-order valence-electron chi connectivity index (χ0n) is 10.7. The topological polar surface area (TPSA) is 21.3 Å². The van der Waals surface area contributed by atoms with Gasteiger partial charge in [-0.1, -0.05) is 18.2 Å². The predicted molar refractivity (Wildman–Crippen MR) is 69.0 cm³/mol. The molecule has 2 heterocycles. The minimum Gasteiger partial charge on any atom is -0.376 e. The van der Waals surface area contributed by atoms with Crippen LogP contribution in [0.1, 0.15) is 49.3 Å². The van der Waals surface area contributed by atoms with Gasteiger partial charge >= 0.3 is 0 Å². The first-order valence-electron chi connectivity index (χ1n) is 6.70. The maximum absolute atomic E-state index is 5.82. The number of fused-ring (bicyclic) bond motifs is 1. The van der Waals surface area contributed by atoms with Crippen LogP contribution in [0.25, 0.3) is 0 Å². The number of ether oxygens (including phenoxy) is 1. The zero-order chi connectivity index (χ0) is 11.8. The second-order valence-electron chi connectivity index (χ2n) is 5.56. The molecular formula is C15H21NO. The first-order valence-corrected chi connectivity index (χ1v) is 6.70. The number of benzene rings is 1. The Morgan fingerprint density at radius 3 is 2.53 bits per heavy atom. The van der Waals surface area contributed by atoms with E-state index in [1.165, 1.54) is 16.7 Å². The van der Waals surface area contributed by atoms with Gasteiger partial charge in [0, 0.05) is 13.1 Å². The van der Waals surface area contributed by atoms with Gasteiger partial charge in [-0.25, -0.2) is 0 Å². The molecule has 2 nitrogen and oxygen atoms in total. The van der Waals surface area contributed by atoms with Crippen molar-refractivity contribution < 1.29 is 4.74 Å². The average molecular weight is 231 g/mol. The summed E-state index contributed by atoms with van der Waals surface area (Å²) in [7, 11) is 0. The Bertz CT molecular complexity index is 405. The molecule has 0 radical (unpaired) electrons. The van der Waals surface area contributed by atoms with Gasteiger partial charge in [0.1, 0.15) is 0 Å². The normalized spacial score (nSPS) is 32.5. The minimum atomic E-state index is 0.398. The van der Waals surface area contributed by atoms with Crippen LogP contribution in [-0.4, -0.2) is 12.2 Å². The van der Waals surface area contributed by atoms with Crippen molar-refractivity contribution in [2.45, 2.75) is 57.9 Å². The van der Waals surface area contributed by atoms with Crippen LogP contribution in [0, 0.1) is 0 Å². The van der Waals surface area contributed by atoms with E-state index in [2.05, 4.69) is 37.4 Å². The lowest BCUT2D eigenvalue weighted by Gasteiger charge is -2.32. The molecule has 0 aromatic heterocycles. The fourth-order valence-corrected chi connectivity index (χ4v) is 3.25. The average Bonchev–Trinajstić information content (AvgIpc) is 2.74. The van der Waals surface area contributed by atoms with Gasteiger partial charge in [0.25, 0.3) is 0 Å². The van der Waals surface area contributed by atoms with Crippen molar-refractivity contribution in [3.05, 3.63) is 34.9 Å². The van der Waals surface area contributed by atoms with Crippen LogP contribution in [0.4, 0.5) is 0 Å². The Morgan fingerprint density at radius 1 is 1.06 bits per heavy atom. The summed E-state index contributed by atoms with van der Waals surface area (Å²) in [5.41, 5.74) is 4.48. The van der Waals surface area contributed by atoms with E-state index in [1.807, 2.05) is 0 Å². The standard InChI is InChI=1S/C15H21NO/c1-10-5-14(6-11(2)17-10)12-3-4-13-8-16-9-15(13)7-12/h3-4,7,10-11,14,16H,5-6,8-9H2,1-2H3/t10-,11?,14?/m0/s1. The largest absolute Gasteiger partial charge is 0.376 e. The first kappa shape index (κ1) is 11.2. The Balaban J connectivity index is 1.83. The molecule has 0 saturated carbocycles. The third kappa shape index (κ3) is 2.24. The van der Waals surface area contributed by atoms with Crippen molar-refractivity contribution in [3.8, 4) is 0 Å². The Kier molecular flexibility index (Phi) is 2.93. The maximum Gasteiger partial charge on any atom is 0.0556 e. The second-order valence-corrected chi connectivity index (χ2v) is 5.56. The maximum atomic E-state index is 5.82. The van der Waals surface area contributed by atoms with Crippen molar-refractivity contribution in [3.63, 3.8) is 0 Å². The summed E-state index contributed by atoms with van der Waals surface area (Å²) >= 11 is 0.